The maximum absolute atomic E-state index is 11.7. The van der Waals surface area contributed by atoms with E-state index < -0.39 is 0 Å². The minimum atomic E-state index is -0.371. The third-order valence-corrected chi connectivity index (χ3v) is 2.66. The number of benzene rings is 1. The van der Waals surface area contributed by atoms with E-state index in [2.05, 4.69) is 5.32 Å². The predicted molar refractivity (Wildman–Crippen MR) is 79.6 cm³/mol. The fourth-order valence-corrected chi connectivity index (χ4v) is 1.61. The van der Waals surface area contributed by atoms with Crippen molar-refractivity contribution in [2.24, 2.45) is 0 Å². The van der Waals surface area contributed by atoms with Gasteiger partial charge in [0.05, 0.1) is 18.8 Å². The SMILES string of the molecule is COCCCOCCOC(=O)c1ccc(NCCO)cc1. The van der Waals surface area contributed by atoms with Crippen molar-refractivity contribution in [3.05, 3.63) is 29.8 Å². The van der Waals surface area contributed by atoms with Gasteiger partial charge in [0.2, 0.25) is 0 Å². The fraction of sp³-hybridized carbons (Fsp3) is 0.533. The summed E-state index contributed by atoms with van der Waals surface area (Å²) in [6, 6.07) is 6.91. The summed E-state index contributed by atoms with van der Waals surface area (Å²) < 4.78 is 15.3. The molecular formula is C15H23NO5. The number of esters is 1. The number of aliphatic hydroxyl groups excluding tert-OH is 1. The van der Waals surface area contributed by atoms with Gasteiger partial charge in [-0.2, -0.15) is 0 Å². The number of nitrogens with one attached hydrogen (secondary N) is 1. The quantitative estimate of drug-likeness (QED) is 0.473. The molecule has 0 amide bonds. The number of hydrogen-bond acceptors (Lipinski definition) is 6. The van der Waals surface area contributed by atoms with Crippen molar-refractivity contribution < 1.29 is 24.1 Å². The van der Waals surface area contributed by atoms with Crippen LogP contribution in [0.15, 0.2) is 24.3 Å². The van der Waals surface area contributed by atoms with Crippen molar-refractivity contribution in [3.8, 4) is 0 Å². The maximum Gasteiger partial charge on any atom is 0.338 e. The molecule has 0 fully saturated rings. The summed E-state index contributed by atoms with van der Waals surface area (Å²) in [6.07, 6.45) is 0.826. The van der Waals surface area contributed by atoms with Crippen LogP contribution in [0.1, 0.15) is 16.8 Å². The van der Waals surface area contributed by atoms with Crippen LogP contribution < -0.4 is 5.32 Å². The minimum absolute atomic E-state index is 0.0637. The molecule has 0 saturated heterocycles. The van der Waals surface area contributed by atoms with Crippen LogP contribution in [-0.2, 0) is 14.2 Å². The van der Waals surface area contributed by atoms with Crippen LogP contribution in [0.5, 0.6) is 0 Å². The molecule has 0 bridgehead atoms. The Balaban J connectivity index is 2.19. The molecule has 6 nitrogen and oxygen atoms in total. The molecule has 0 spiro atoms. The molecule has 0 aliphatic heterocycles. The summed E-state index contributed by atoms with van der Waals surface area (Å²) in [5.41, 5.74) is 1.34. The highest BCUT2D eigenvalue weighted by molar-refractivity contribution is 5.89. The van der Waals surface area contributed by atoms with Gasteiger partial charge in [0.25, 0.3) is 0 Å². The lowest BCUT2D eigenvalue weighted by molar-refractivity contribution is 0.0288. The number of carbonyl (C=O) groups is 1. The Morgan fingerprint density at radius 3 is 2.57 bits per heavy atom. The number of anilines is 1. The second-order valence-electron chi connectivity index (χ2n) is 4.32. The Hall–Kier alpha value is -1.63. The van der Waals surface area contributed by atoms with Gasteiger partial charge in [0, 0.05) is 32.6 Å². The van der Waals surface area contributed by atoms with E-state index in [0.717, 1.165) is 12.1 Å². The van der Waals surface area contributed by atoms with Crippen molar-refractivity contribution in [3.63, 3.8) is 0 Å². The topological polar surface area (TPSA) is 77.0 Å². The van der Waals surface area contributed by atoms with Gasteiger partial charge in [0.15, 0.2) is 0 Å². The van der Waals surface area contributed by atoms with Crippen LogP contribution >= 0.6 is 0 Å². The molecule has 0 saturated carbocycles. The van der Waals surface area contributed by atoms with E-state index in [-0.39, 0.29) is 19.2 Å². The van der Waals surface area contributed by atoms with Crippen molar-refractivity contribution in [2.45, 2.75) is 6.42 Å². The Kier molecular flexibility index (Phi) is 9.19. The molecular weight excluding hydrogens is 274 g/mol. The first-order chi connectivity index (χ1) is 10.3. The van der Waals surface area contributed by atoms with Gasteiger partial charge in [-0.15, -0.1) is 0 Å². The van der Waals surface area contributed by atoms with Crippen LogP contribution in [0.25, 0.3) is 0 Å². The van der Waals surface area contributed by atoms with E-state index >= 15 is 0 Å². The molecule has 0 radical (unpaired) electrons. The summed E-state index contributed by atoms with van der Waals surface area (Å²) in [7, 11) is 1.65. The molecule has 0 atom stereocenters. The summed E-state index contributed by atoms with van der Waals surface area (Å²) >= 11 is 0. The van der Waals surface area contributed by atoms with Gasteiger partial charge in [-0.05, 0) is 30.7 Å². The third-order valence-electron chi connectivity index (χ3n) is 2.66. The summed E-state index contributed by atoms with van der Waals surface area (Å²) in [6.45, 7) is 2.41. The van der Waals surface area contributed by atoms with Gasteiger partial charge >= 0.3 is 5.97 Å². The molecule has 0 aliphatic rings. The molecule has 0 heterocycles. The standard InChI is InChI=1S/C15H23NO5/c1-19-9-2-10-20-11-12-21-15(18)13-3-5-14(6-4-13)16-7-8-17/h3-6,16-17H,2,7-12H2,1H3. The summed E-state index contributed by atoms with van der Waals surface area (Å²) in [4.78, 5) is 11.7. The van der Waals surface area contributed by atoms with Gasteiger partial charge in [-0.1, -0.05) is 0 Å². The Bertz CT molecular complexity index is 394. The lowest BCUT2D eigenvalue weighted by Gasteiger charge is -2.07. The van der Waals surface area contributed by atoms with E-state index in [9.17, 15) is 4.79 Å². The van der Waals surface area contributed by atoms with Gasteiger partial charge in [-0.25, -0.2) is 4.79 Å². The molecule has 118 valence electrons. The second kappa shape index (κ2) is 11.1. The fourth-order valence-electron chi connectivity index (χ4n) is 1.61. The lowest BCUT2D eigenvalue weighted by Crippen LogP contribution is -2.12. The summed E-state index contributed by atoms with van der Waals surface area (Å²) in [5, 5.41) is 11.7. The van der Waals surface area contributed by atoms with E-state index in [0.29, 0.717) is 31.9 Å². The van der Waals surface area contributed by atoms with Crippen molar-refractivity contribution in [1.82, 2.24) is 0 Å². The molecule has 0 unspecified atom stereocenters. The molecule has 2 N–H and O–H groups in total. The van der Waals surface area contributed by atoms with Gasteiger partial charge < -0.3 is 24.6 Å². The molecule has 1 aromatic carbocycles. The van der Waals surface area contributed by atoms with E-state index in [1.54, 1.807) is 31.4 Å². The zero-order chi connectivity index (χ0) is 15.3. The molecule has 1 aromatic rings. The second-order valence-corrected chi connectivity index (χ2v) is 4.32. The largest absolute Gasteiger partial charge is 0.460 e. The summed E-state index contributed by atoms with van der Waals surface area (Å²) in [5.74, 6) is -0.371. The number of rotatable bonds is 11. The zero-order valence-electron chi connectivity index (χ0n) is 12.3. The highest BCUT2D eigenvalue weighted by atomic mass is 16.6. The third kappa shape index (κ3) is 7.65. The predicted octanol–water partition coefficient (Wildman–Crippen LogP) is 1.30. The van der Waals surface area contributed by atoms with Crippen molar-refractivity contribution in [1.29, 1.82) is 0 Å². The molecule has 1 rings (SSSR count). The molecule has 0 aromatic heterocycles. The Morgan fingerprint density at radius 1 is 1.14 bits per heavy atom. The number of methoxy groups -OCH3 is 1. The van der Waals surface area contributed by atoms with E-state index in [1.807, 2.05) is 0 Å². The van der Waals surface area contributed by atoms with Crippen LogP contribution in [-0.4, -0.2) is 57.8 Å². The van der Waals surface area contributed by atoms with Crippen LogP contribution in [0, 0.1) is 0 Å². The highest BCUT2D eigenvalue weighted by Crippen LogP contribution is 2.10. The number of aliphatic hydroxyl groups is 1. The normalized spacial score (nSPS) is 10.4. The first kappa shape index (κ1) is 17.4. The molecule has 21 heavy (non-hydrogen) atoms. The van der Waals surface area contributed by atoms with Crippen LogP contribution in [0.4, 0.5) is 5.69 Å². The molecule has 6 heteroatoms. The number of hydrogen-bond donors (Lipinski definition) is 2. The first-order valence-corrected chi connectivity index (χ1v) is 6.96. The smallest absolute Gasteiger partial charge is 0.338 e. The van der Waals surface area contributed by atoms with Crippen LogP contribution in [0.2, 0.25) is 0 Å². The molecule has 0 aliphatic carbocycles. The Morgan fingerprint density at radius 2 is 1.90 bits per heavy atom. The van der Waals surface area contributed by atoms with Gasteiger partial charge in [0.1, 0.15) is 6.61 Å². The lowest BCUT2D eigenvalue weighted by atomic mass is 10.2. The van der Waals surface area contributed by atoms with E-state index in [4.69, 9.17) is 19.3 Å². The first-order valence-electron chi connectivity index (χ1n) is 6.96. The monoisotopic (exact) mass is 297 g/mol. The Labute approximate surface area is 125 Å². The van der Waals surface area contributed by atoms with Crippen molar-refractivity contribution >= 4 is 11.7 Å². The number of carbonyl (C=O) groups excluding carboxylic acids is 1. The number of ether oxygens (including phenoxy) is 3. The maximum atomic E-state index is 11.7. The van der Waals surface area contributed by atoms with Crippen molar-refractivity contribution in [2.75, 3.05) is 52.0 Å². The van der Waals surface area contributed by atoms with E-state index in [1.165, 1.54) is 0 Å². The minimum Gasteiger partial charge on any atom is -0.460 e. The average molecular weight is 297 g/mol. The average Bonchev–Trinajstić information content (AvgIpc) is 2.52. The van der Waals surface area contributed by atoms with Gasteiger partial charge in [-0.3, -0.25) is 0 Å². The highest BCUT2D eigenvalue weighted by Gasteiger charge is 2.06. The van der Waals surface area contributed by atoms with Crippen LogP contribution in [0.3, 0.4) is 0 Å². The zero-order valence-corrected chi connectivity index (χ0v) is 12.3.